The van der Waals surface area contributed by atoms with Gasteiger partial charge in [-0.2, -0.15) is 0 Å². The van der Waals surface area contributed by atoms with Crippen LogP contribution in [0, 0.1) is 5.41 Å². The quantitative estimate of drug-likeness (QED) is 0.531. The van der Waals surface area contributed by atoms with E-state index in [0.29, 0.717) is 31.8 Å². The number of nitrogens with two attached hydrogens (primary N) is 1. The second-order valence-corrected chi connectivity index (χ2v) is 6.21. The third-order valence-electron chi connectivity index (χ3n) is 4.51. The van der Waals surface area contributed by atoms with Gasteiger partial charge in [0.2, 0.25) is 0 Å². The summed E-state index contributed by atoms with van der Waals surface area (Å²) in [7, 11) is 0. The summed E-state index contributed by atoms with van der Waals surface area (Å²) in [5.74, 6) is 0. The molecule has 0 unspecified atom stereocenters. The highest BCUT2D eigenvalue weighted by atomic mass is 16.5. The second kappa shape index (κ2) is 12.4. The summed E-state index contributed by atoms with van der Waals surface area (Å²) < 4.78 is 16.6. The summed E-state index contributed by atoms with van der Waals surface area (Å²) in [6, 6.07) is 0. The zero-order valence-corrected chi connectivity index (χ0v) is 13.9. The Bertz CT molecular complexity index is 230. The molecule has 1 rings (SSSR count). The van der Waals surface area contributed by atoms with Gasteiger partial charge in [-0.05, 0) is 37.6 Å². The van der Waals surface area contributed by atoms with E-state index in [1.807, 2.05) is 0 Å². The first-order valence-corrected chi connectivity index (χ1v) is 8.76. The summed E-state index contributed by atoms with van der Waals surface area (Å²) >= 11 is 0. The molecule has 0 atom stereocenters. The van der Waals surface area contributed by atoms with Crippen molar-refractivity contribution in [2.75, 3.05) is 46.2 Å². The van der Waals surface area contributed by atoms with Crippen LogP contribution in [0.1, 0.15) is 58.3 Å². The Kier molecular flexibility index (Phi) is 11.1. The monoisotopic (exact) mass is 301 g/mol. The molecule has 2 N–H and O–H groups in total. The molecular formula is C17H35NO3. The van der Waals surface area contributed by atoms with Crippen LogP contribution < -0.4 is 5.73 Å². The number of hydrogen-bond acceptors (Lipinski definition) is 4. The Balaban J connectivity index is 1.87. The van der Waals surface area contributed by atoms with Crippen LogP contribution in [0.25, 0.3) is 0 Å². The van der Waals surface area contributed by atoms with E-state index < -0.39 is 0 Å². The fourth-order valence-electron chi connectivity index (χ4n) is 2.93. The van der Waals surface area contributed by atoms with Gasteiger partial charge in [0, 0.05) is 13.2 Å². The maximum atomic E-state index is 5.97. The summed E-state index contributed by atoms with van der Waals surface area (Å²) in [5, 5.41) is 0. The molecular weight excluding hydrogens is 266 g/mol. The lowest BCUT2D eigenvalue weighted by molar-refractivity contribution is 0.00567. The summed E-state index contributed by atoms with van der Waals surface area (Å²) in [6.07, 6.45) is 10.00. The maximum Gasteiger partial charge on any atom is 0.0701 e. The standard InChI is InChI=1S/C17H35NO3/c1-2-3-10-19-12-14-21-15-13-20-11-9-17(16-18)7-5-4-6-8-17/h2-16,18H2,1H3. The Morgan fingerprint density at radius 1 is 0.810 bits per heavy atom. The average molecular weight is 301 g/mol. The molecule has 0 aromatic carbocycles. The first kappa shape index (κ1) is 18.9. The van der Waals surface area contributed by atoms with Gasteiger partial charge in [0.15, 0.2) is 0 Å². The molecule has 0 aromatic heterocycles. The Hall–Kier alpha value is -0.160. The largest absolute Gasteiger partial charge is 0.379 e. The van der Waals surface area contributed by atoms with Gasteiger partial charge in [0.1, 0.15) is 0 Å². The van der Waals surface area contributed by atoms with Crippen molar-refractivity contribution in [3.8, 4) is 0 Å². The Labute approximate surface area is 130 Å². The molecule has 1 aliphatic carbocycles. The molecule has 0 bridgehead atoms. The fraction of sp³-hybridized carbons (Fsp3) is 1.00. The van der Waals surface area contributed by atoms with E-state index in [1.165, 1.54) is 38.5 Å². The van der Waals surface area contributed by atoms with Crippen molar-refractivity contribution in [1.29, 1.82) is 0 Å². The van der Waals surface area contributed by atoms with Gasteiger partial charge in [-0.1, -0.05) is 32.6 Å². The van der Waals surface area contributed by atoms with E-state index in [-0.39, 0.29) is 0 Å². The minimum atomic E-state index is 0.353. The predicted molar refractivity (Wildman–Crippen MR) is 86.6 cm³/mol. The zero-order chi connectivity index (χ0) is 15.2. The molecule has 4 heteroatoms. The summed E-state index contributed by atoms with van der Waals surface area (Å²) in [4.78, 5) is 0. The van der Waals surface area contributed by atoms with Crippen molar-refractivity contribution >= 4 is 0 Å². The smallest absolute Gasteiger partial charge is 0.0701 e. The van der Waals surface area contributed by atoms with Crippen molar-refractivity contribution < 1.29 is 14.2 Å². The molecule has 126 valence electrons. The number of hydrogen-bond donors (Lipinski definition) is 1. The van der Waals surface area contributed by atoms with E-state index in [2.05, 4.69) is 6.92 Å². The third-order valence-corrected chi connectivity index (χ3v) is 4.51. The summed E-state index contributed by atoms with van der Waals surface area (Å²) in [6.45, 7) is 7.32. The van der Waals surface area contributed by atoms with Gasteiger partial charge >= 0.3 is 0 Å². The van der Waals surface area contributed by atoms with Gasteiger partial charge in [0.05, 0.1) is 26.4 Å². The lowest BCUT2D eigenvalue weighted by atomic mass is 9.72. The molecule has 0 heterocycles. The van der Waals surface area contributed by atoms with Crippen LogP contribution in [-0.2, 0) is 14.2 Å². The SMILES string of the molecule is CCCCOCCOCCOCCC1(CN)CCCCC1. The van der Waals surface area contributed by atoms with Crippen molar-refractivity contribution in [3.05, 3.63) is 0 Å². The van der Waals surface area contributed by atoms with E-state index in [9.17, 15) is 0 Å². The van der Waals surface area contributed by atoms with Gasteiger partial charge < -0.3 is 19.9 Å². The van der Waals surface area contributed by atoms with Crippen LogP contribution >= 0.6 is 0 Å². The van der Waals surface area contributed by atoms with Crippen molar-refractivity contribution in [1.82, 2.24) is 0 Å². The van der Waals surface area contributed by atoms with Crippen molar-refractivity contribution in [3.63, 3.8) is 0 Å². The average Bonchev–Trinajstić information content (AvgIpc) is 2.53. The van der Waals surface area contributed by atoms with Crippen LogP contribution in [0.4, 0.5) is 0 Å². The Morgan fingerprint density at radius 2 is 1.38 bits per heavy atom. The molecule has 0 radical (unpaired) electrons. The van der Waals surface area contributed by atoms with E-state index in [1.54, 1.807) is 0 Å². The highest BCUT2D eigenvalue weighted by molar-refractivity contribution is 4.83. The molecule has 0 saturated heterocycles. The first-order valence-electron chi connectivity index (χ1n) is 8.76. The topological polar surface area (TPSA) is 53.7 Å². The minimum Gasteiger partial charge on any atom is -0.379 e. The van der Waals surface area contributed by atoms with Crippen LogP contribution in [0.2, 0.25) is 0 Å². The van der Waals surface area contributed by atoms with Crippen LogP contribution in [0.5, 0.6) is 0 Å². The number of unbranched alkanes of at least 4 members (excludes halogenated alkanes) is 1. The predicted octanol–water partition coefficient (Wildman–Crippen LogP) is 3.14. The highest BCUT2D eigenvalue weighted by Crippen LogP contribution is 2.38. The van der Waals surface area contributed by atoms with Crippen LogP contribution in [-0.4, -0.2) is 46.2 Å². The molecule has 1 fully saturated rings. The molecule has 0 aromatic rings. The zero-order valence-electron chi connectivity index (χ0n) is 13.9. The third kappa shape index (κ3) is 8.77. The van der Waals surface area contributed by atoms with Crippen molar-refractivity contribution in [2.24, 2.45) is 11.1 Å². The molecule has 4 nitrogen and oxygen atoms in total. The van der Waals surface area contributed by atoms with Gasteiger partial charge in [-0.15, -0.1) is 0 Å². The van der Waals surface area contributed by atoms with Crippen molar-refractivity contribution in [2.45, 2.75) is 58.3 Å². The number of rotatable bonds is 13. The molecule has 0 spiro atoms. The molecule has 0 aliphatic heterocycles. The normalized spacial score (nSPS) is 18.0. The van der Waals surface area contributed by atoms with Gasteiger partial charge in [-0.3, -0.25) is 0 Å². The van der Waals surface area contributed by atoms with E-state index in [4.69, 9.17) is 19.9 Å². The lowest BCUT2D eigenvalue weighted by Crippen LogP contribution is -2.34. The summed E-state index contributed by atoms with van der Waals surface area (Å²) in [5.41, 5.74) is 6.33. The maximum absolute atomic E-state index is 5.97. The minimum absolute atomic E-state index is 0.353. The van der Waals surface area contributed by atoms with Crippen LogP contribution in [0.15, 0.2) is 0 Å². The van der Waals surface area contributed by atoms with Gasteiger partial charge in [-0.25, -0.2) is 0 Å². The molecule has 1 saturated carbocycles. The number of ether oxygens (including phenoxy) is 3. The molecule has 0 amide bonds. The van der Waals surface area contributed by atoms with Crippen LogP contribution in [0.3, 0.4) is 0 Å². The fourth-order valence-corrected chi connectivity index (χ4v) is 2.93. The molecule has 1 aliphatic rings. The second-order valence-electron chi connectivity index (χ2n) is 6.21. The van der Waals surface area contributed by atoms with Gasteiger partial charge in [0.25, 0.3) is 0 Å². The van der Waals surface area contributed by atoms with E-state index in [0.717, 1.165) is 32.6 Å². The van der Waals surface area contributed by atoms with E-state index >= 15 is 0 Å². The first-order chi connectivity index (χ1) is 10.3. The Morgan fingerprint density at radius 3 is 1.95 bits per heavy atom. The highest BCUT2D eigenvalue weighted by Gasteiger charge is 2.29. The lowest BCUT2D eigenvalue weighted by Gasteiger charge is -2.36. The molecule has 21 heavy (non-hydrogen) atoms.